The SMILES string of the molecule is CC1CCNC(C(=O)NCCC2=CCCC2)C1. The standard InChI is InChI=1S/C14H24N2O/c1-11-6-8-15-13(10-11)14(17)16-9-7-12-4-2-3-5-12/h4,11,13,15H,2-3,5-10H2,1H3,(H,16,17). The molecular weight excluding hydrogens is 212 g/mol. The summed E-state index contributed by atoms with van der Waals surface area (Å²) in [5.41, 5.74) is 1.52. The van der Waals surface area contributed by atoms with Gasteiger partial charge in [0, 0.05) is 6.54 Å². The van der Waals surface area contributed by atoms with Gasteiger partial charge in [-0.3, -0.25) is 4.79 Å². The molecule has 0 aromatic heterocycles. The maximum atomic E-state index is 11.9. The van der Waals surface area contributed by atoms with E-state index in [1.165, 1.54) is 31.3 Å². The lowest BCUT2D eigenvalue weighted by molar-refractivity contribution is -0.123. The quantitative estimate of drug-likeness (QED) is 0.733. The van der Waals surface area contributed by atoms with Crippen molar-refractivity contribution in [2.75, 3.05) is 13.1 Å². The fourth-order valence-corrected chi connectivity index (χ4v) is 2.74. The molecule has 2 N–H and O–H groups in total. The molecule has 2 rings (SSSR count). The Bertz CT molecular complexity index is 299. The van der Waals surface area contributed by atoms with Crippen LogP contribution in [-0.2, 0) is 4.79 Å². The monoisotopic (exact) mass is 236 g/mol. The van der Waals surface area contributed by atoms with Crippen molar-refractivity contribution in [3.05, 3.63) is 11.6 Å². The van der Waals surface area contributed by atoms with E-state index in [1.807, 2.05) is 0 Å². The van der Waals surface area contributed by atoms with Crippen molar-refractivity contribution in [2.24, 2.45) is 5.92 Å². The van der Waals surface area contributed by atoms with Gasteiger partial charge in [-0.25, -0.2) is 0 Å². The summed E-state index contributed by atoms with van der Waals surface area (Å²) >= 11 is 0. The average Bonchev–Trinajstić information content (AvgIpc) is 2.82. The highest BCUT2D eigenvalue weighted by molar-refractivity contribution is 5.81. The Hall–Kier alpha value is -0.830. The second-order valence-electron chi connectivity index (χ2n) is 5.43. The van der Waals surface area contributed by atoms with Gasteiger partial charge < -0.3 is 10.6 Å². The second-order valence-corrected chi connectivity index (χ2v) is 5.43. The molecule has 3 nitrogen and oxygen atoms in total. The third kappa shape index (κ3) is 3.84. The second kappa shape index (κ2) is 6.20. The number of hydrogen-bond acceptors (Lipinski definition) is 2. The predicted molar refractivity (Wildman–Crippen MR) is 69.7 cm³/mol. The number of hydrogen-bond donors (Lipinski definition) is 2. The van der Waals surface area contributed by atoms with Gasteiger partial charge in [-0.05, 0) is 51.0 Å². The first kappa shape index (κ1) is 12.6. The molecule has 2 aliphatic rings. The van der Waals surface area contributed by atoms with Crippen molar-refractivity contribution in [3.63, 3.8) is 0 Å². The molecule has 1 heterocycles. The Morgan fingerprint density at radius 1 is 1.59 bits per heavy atom. The van der Waals surface area contributed by atoms with E-state index < -0.39 is 0 Å². The van der Waals surface area contributed by atoms with Gasteiger partial charge in [-0.2, -0.15) is 0 Å². The van der Waals surface area contributed by atoms with Gasteiger partial charge in [0.2, 0.25) is 5.91 Å². The summed E-state index contributed by atoms with van der Waals surface area (Å²) in [5.74, 6) is 0.861. The van der Waals surface area contributed by atoms with Gasteiger partial charge in [-0.15, -0.1) is 0 Å². The summed E-state index contributed by atoms with van der Waals surface area (Å²) in [4.78, 5) is 11.9. The van der Waals surface area contributed by atoms with Crippen LogP contribution in [0.25, 0.3) is 0 Å². The summed E-state index contributed by atoms with van der Waals surface area (Å²) in [6.07, 6.45) is 9.29. The molecule has 0 radical (unpaired) electrons. The first-order valence-corrected chi connectivity index (χ1v) is 6.94. The molecule has 1 aliphatic heterocycles. The molecule has 1 saturated heterocycles. The molecule has 0 aromatic rings. The smallest absolute Gasteiger partial charge is 0.237 e. The molecule has 17 heavy (non-hydrogen) atoms. The van der Waals surface area contributed by atoms with Crippen molar-refractivity contribution in [1.82, 2.24) is 10.6 Å². The molecule has 0 saturated carbocycles. The Morgan fingerprint density at radius 3 is 3.18 bits per heavy atom. The summed E-state index contributed by atoms with van der Waals surface area (Å²) < 4.78 is 0. The Morgan fingerprint density at radius 2 is 2.47 bits per heavy atom. The molecule has 0 aromatic carbocycles. The first-order valence-electron chi connectivity index (χ1n) is 6.94. The maximum Gasteiger partial charge on any atom is 0.237 e. The van der Waals surface area contributed by atoms with Crippen LogP contribution in [0.1, 0.15) is 45.4 Å². The van der Waals surface area contributed by atoms with E-state index in [-0.39, 0.29) is 11.9 Å². The summed E-state index contributed by atoms with van der Waals surface area (Å²) in [6, 6.07) is 0.0382. The van der Waals surface area contributed by atoms with E-state index in [2.05, 4.69) is 23.6 Å². The number of amides is 1. The van der Waals surface area contributed by atoms with E-state index in [1.54, 1.807) is 0 Å². The number of rotatable bonds is 4. The number of carbonyl (C=O) groups is 1. The largest absolute Gasteiger partial charge is 0.354 e. The zero-order chi connectivity index (χ0) is 12.1. The third-order valence-electron chi connectivity index (χ3n) is 3.86. The van der Waals surface area contributed by atoms with Crippen LogP contribution >= 0.6 is 0 Å². The molecule has 96 valence electrons. The third-order valence-corrected chi connectivity index (χ3v) is 3.86. The fraction of sp³-hybridized carbons (Fsp3) is 0.786. The van der Waals surface area contributed by atoms with Crippen LogP contribution in [0.4, 0.5) is 0 Å². The van der Waals surface area contributed by atoms with E-state index >= 15 is 0 Å². The lowest BCUT2D eigenvalue weighted by Crippen LogP contribution is -2.48. The van der Waals surface area contributed by atoms with Crippen LogP contribution in [0, 0.1) is 5.92 Å². The van der Waals surface area contributed by atoms with Crippen molar-refractivity contribution in [3.8, 4) is 0 Å². The highest BCUT2D eigenvalue weighted by atomic mass is 16.2. The number of piperidine rings is 1. The predicted octanol–water partition coefficient (Wildman–Crippen LogP) is 1.99. The Balaban J connectivity index is 1.66. The molecule has 1 amide bonds. The zero-order valence-electron chi connectivity index (χ0n) is 10.8. The van der Waals surface area contributed by atoms with Crippen molar-refractivity contribution < 1.29 is 4.79 Å². The van der Waals surface area contributed by atoms with Crippen LogP contribution in [0.5, 0.6) is 0 Å². The molecule has 2 atom stereocenters. The summed E-state index contributed by atoms with van der Waals surface area (Å²) in [5, 5.41) is 6.36. The number of carbonyl (C=O) groups excluding carboxylic acids is 1. The highest BCUT2D eigenvalue weighted by Gasteiger charge is 2.23. The van der Waals surface area contributed by atoms with Gasteiger partial charge >= 0.3 is 0 Å². The lowest BCUT2D eigenvalue weighted by atomic mass is 9.94. The minimum absolute atomic E-state index is 0.0382. The van der Waals surface area contributed by atoms with E-state index in [9.17, 15) is 4.79 Å². The summed E-state index contributed by atoms with van der Waals surface area (Å²) in [6.45, 7) is 4.01. The molecule has 0 bridgehead atoms. The number of allylic oxidation sites excluding steroid dienone is 1. The van der Waals surface area contributed by atoms with Crippen LogP contribution in [0.15, 0.2) is 11.6 Å². The normalized spacial score (nSPS) is 28.9. The average molecular weight is 236 g/mol. The minimum Gasteiger partial charge on any atom is -0.354 e. The topological polar surface area (TPSA) is 41.1 Å². The van der Waals surface area contributed by atoms with Crippen molar-refractivity contribution in [2.45, 2.75) is 51.5 Å². The molecule has 1 aliphatic carbocycles. The fourth-order valence-electron chi connectivity index (χ4n) is 2.74. The minimum atomic E-state index is 0.0382. The Kier molecular flexibility index (Phi) is 4.60. The zero-order valence-corrected chi connectivity index (χ0v) is 10.8. The van der Waals surface area contributed by atoms with Gasteiger partial charge in [-0.1, -0.05) is 18.6 Å². The van der Waals surface area contributed by atoms with Crippen LogP contribution in [-0.4, -0.2) is 25.0 Å². The van der Waals surface area contributed by atoms with Crippen LogP contribution in [0.2, 0.25) is 0 Å². The van der Waals surface area contributed by atoms with Crippen LogP contribution in [0.3, 0.4) is 0 Å². The maximum absolute atomic E-state index is 11.9. The summed E-state index contributed by atoms with van der Waals surface area (Å²) in [7, 11) is 0. The van der Waals surface area contributed by atoms with Gasteiger partial charge in [0.25, 0.3) is 0 Å². The van der Waals surface area contributed by atoms with Crippen molar-refractivity contribution in [1.29, 1.82) is 0 Å². The lowest BCUT2D eigenvalue weighted by Gasteiger charge is -2.27. The highest BCUT2D eigenvalue weighted by Crippen LogP contribution is 2.20. The van der Waals surface area contributed by atoms with Crippen LogP contribution < -0.4 is 10.6 Å². The Labute approximate surface area is 104 Å². The van der Waals surface area contributed by atoms with Gasteiger partial charge in [0.1, 0.15) is 0 Å². The number of nitrogens with one attached hydrogen (secondary N) is 2. The molecule has 1 fully saturated rings. The molecular formula is C14H24N2O. The van der Waals surface area contributed by atoms with Crippen molar-refractivity contribution >= 4 is 5.91 Å². The van der Waals surface area contributed by atoms with E-state index in [4.69, 9.17) is 0 Å². The van der Waals surface area contributed by atoms with Gasteiger partial charge in [0.05, 0.1) is 6.04 Å². The molecule has 2 unspecified atom stereocenters. The first-order chi connectivity index (χ1) is 8.25. The van der Waals surface area contributed by atoms with E-state index in [0.717, 1.165) is 25.9 Å². The molecule has 3 heteroatoms. The molecule has 0 spiro atoms. The van der Waals surface area contributed by atoms with E-state index in [0.29, 0.717) is 5.92 Å². The van der Waals surface area contributed by atoms with Gasteiger partial charge in [0.15, 0.2) is 0 Å².